The van der Waals surface area contributed by atoms with Crippen molar-refractivity contribution >= 4 is 0 Å². The van der Waals surface area contributed by atoms with Crippen molar-refractivity contribution in [1.29, 1.82) is 0 Å². The SMILES string of the molecule is CC(C)c1n[nH]nc1C1(N)CCCC1. The van der Waals surface area contributed by atoms with E-state index in [0.717, 1.165) is 24.2 Å². The Bertz CT molecular complexity index is 310. The Kier molecular flexibility index (Phi) is 2.31. The summed E-state index contributed by atoms with van der Waals surface area (Å²) in [6.45, 7) is 4.25. The first kappa shape index (κ1) is 9.65. The molecular formula is C10H18N4. The molecule has 0 radical (unpaired) electrons. The van der Waals surface area contributed by atoms with Gasteiger partial charge in [0.2, 0.25) is 0 Å². The van der Waals surface area contributed by atoms with E-state index < -0.39 is 0 Å². The molecule has 0 aromatic carbocycles. The summed E-state index contributed by atoms with van der Waals surface area (Å²) in [5, 5.41) is 11.1. The van der Waals surface area contributed by atoms with Gasteiger partial charge in [-0.2, -0.15) is 15.4 Å². The van der Waals surface area contributed by atoms with Gasteiger partial charge < -0.3 is 5.73 Å². The second-order valence-electron chi connectivity index (χ2n) is 4.58. The van der Waals surface area contributed by atoms with Gasteiger partial charge in [0.25, 0.3) is 0 Å². The molecule has 1 fully saturated rings. The van der Waals surface area contributed by atoms with Gasteiger partial charge in [-0.05, 0) is 18.8 Å². The lowest BCUT2D eigenvalue weighted by Gasteiger charge is -2.22. The molecule has 1 saturated carbocycles. The fraction of sp³-hybridized carbons (Fsp3) is 0.800. The lowest BCUT2D eigenvalue weighted by atomic mass is 9.90. The van der Waals surface area contributed by atoms with E-state index in [1.54, 1.807) is 0 Å². The second-order valence-corrected chi connectivity index (χ2v) is 4.58. The van der Waals surface area contributed by atoms with Crippen LogP contribution in [0, 0.1) is 0 Å². The van der Waals surface area contributed by atoms with Gasteiger partial charge in [0, 0.05) is 0 Å². The molecule has 0 bridgehead atoms. The van der Waals surface area contributed by atoms with Gasteiger partial charge in [0.05, 0.1) is 11.2 Å². The third kappa shape index (κ3) is 1.43. The normalized spacial score (nSPS) is 20.6. The third-order valence-corrected chi connectivity index (χ3v) is 3.09. The van der Waals surface area contributed by atoms with Crippen LogP contribution in [0.2, 0.25) is 0 Å². The molecule has 1 aliphatic rings. The zero-order valence-electron chi connectivity index (χ0n) is 8.88. The Hall–Kier alpha value is -0.900. The minimum atomic E-state index is -0.216. The summed E-state index contributed by atoms with van der Waals surface area (Å²) in [6, 6.07) is 0. The topological polar surface area (TPSA) is 67.6 Å². The minimum absolute atomic E-state index is 0.216. The van der Waals surface area contributed by atoms with Crippen LogP contribution in [0.25, 0.3) is 0 Å². The number of aromatic nitrogens is 3. The molecule has 0 spiro atoms. The van der Waals surface area contributed by atoms with Crippen LogP contribution >= 0.6 is 0 Å². The summed E-state index contributed by atoms with van der Waals surface area (Å²) >= 11 is 0. The van der Waals surface area contributed by atoms with E-state index >= 15 is 0 Å². The Morgan fingerprint density at radius 1 is 1.29 bits per heavy atom. The maximum Gasteiger partial charge on any atom is 0.106 e. The maximum atomic E-state index is 6.34. The molecule has 78 valence electrons. The summed E-state index contributed by atoms with van der Waals surface area (Å²) in [5.41, 5.74) is 8.15. The molecule has 1 aromatic rings. The number of nitrogens with zero attached hydrogens (tertiary/aromatic N) is 2. The first-order valence-electron chi connectivity index (χ1n) is 5.33. The standard InChI is InChI=1S/C10H18N4/c1-7(2)8-9(13-14-12-8)10(11)5-3-4-6-10/h7H,3-6,11H2,1-2H3,(H,12,13,14). The quantitative estimate of drug-likeness (QED) is 0.752. The smallest absolute Gasteiger partial charge is 0.106 e. The minimum Gasteiger partial charge on any atom is -0.320 e. The molecule has 1 aromatic heterocycles. The number of aromatic amines is 1. The second kappa shape index (κ2) is 3.35. The maximum absolute atomic E-state index is 6.34. The van der Waals surface area contributed by atoms with E-state index in [2.05, 4.69) is 29.3 Å². The van der Waals surface area contributed by atoms with Crippen LogP contribution in [0.1, 0.15) is 56.8 Å². The number of nitrogens with two attached hydrogens (primary N) is 1. The third-order valence-electron chi connectivity index (χ3n) is 3.09. The van der Waals surface area contributed by atoms with Crippen molar-refractivity contribution in [1.82, 2.24) is 15.4 Å². The van der Waals surface area contributed by atoms with Crippen LogP contribution in [-0.4, -0.2) is 15.4 Å². The van der Waals surface area contributed by atoms with E-state index in [1.807, 2.05) is 0 Å². The summed E-state index contributed by atoms with van der Waals surface area (Å²) in [6.07, 6.45) is 4.50. The Morgan fingerprint density at radius 3 is 2.50 bits per heavy atom. The van der Waals surface area contributed by atoms with Crippen molar-refractivity contribution in [3.63, 3.8) is 0 Å². The van der Waals surface area contributed by atoms with Crippen molar-refractivity contribution in [2.75, 3.05) is 0 Å². The fourth-order valence-corrected chi connectivity index (χ4v) is 2.25. The molecule has 2 rings (SSSR count). The van der Waals surface area contributed by atoms with Crippen molar-refractivity contribution in [3.8, 4) is 0 Å². The summed E-state index contributed by atoms with van der Waals surface area (Å²) in [5.74, 6) is 0.393. The van der Waals surface area contributed by atoms with Gasteiger partial charge in [-0.15, -0.1) is 0 Å². The predicted octanol–water partition coefficient (Wildman–Crippen LogP) is 1.66. The van der Waals surface area contributed by atoms with Crippen LogP contribution in [0.4, 0.5) is 0 Å². The summed E-state index contributed by atoms with van der Waals surface area (Å²) in [4.78, 5) is 0. The van der Waals surface area contributed by atoms with Gasteiger partial charge in [0.15, 0.2) is 0 Å². The van der Waals surface area contributed by atoms with Crippen molar-refractivity contribution in [2.45, 2.75) is 51.0 Å². The molecule has 3 N–H and O–H groups in total. The first-order valence-corrected chi connectivity index (χ1v) is 5.33. The molecule has 1 heterocycles. The number of nitrogens with one attached hydrogen (secondary N) is 1. The molecule has 0 amide bonds. The molecule has 4 nitrogen and oxygen atoms in total. The molecular weight excluding hydrogens is 176 g/mol. The van der Waals surface area contributed by atoms with Gasteiger partial charge in [-0.25, -0.2) is 0 Å². The molecule has 0 unspecified atom stereocenters. The molecule has 0 atom stereocenters. The zero-order valence-corrected chi connectivity index (χ0v) is 8.88. The molecule has 4 heteroatoms. The van der Waals surface area contributed by atoms with Crippen LogP contribution in [0.5, 0.6) is 0 Å². The number of hydrogen-bond acceptors (Lipinski definition) is 3. The number of hydrogen-bond donors (Lipinski definition) is 2. The lowest BCUT2D eigenvalue weighted by molar-refractivity contribution is 0.440. The monoisotopic (exact) mass is 194 g/mol. The Morgan fingerprint density at radius 2 is 1.93 bits per heavy atom. The highest BCUT2D eigenvalue weighted by Crippen LogP contribution is 2.37. The van der Waals surface area contributed by atoms with Crippen LogP contribution in [-0.2, 0) is 5.54 Å². The van der Waals surface area contributed by atoms with Crippen LogP contribution in [0.15, 0.2) is 0 Å². The van der Waals surface area contributed by atoms with Crippen molar-refractivity contribution < 1.29 is 0 Å². The molecule has 0 saturated heterocycles. The average molecular weight is 194 g/mol. The van der Waals surface area contributed by atoms with Gasteiger partial charge in [-0.1, -0.05) is 26.7 Å². The van der Waals surface area contributed by atoms with E-state index in [9.17, 15) is 0 Å². The van der Waals surface area contributed by atoms with Crippen LogP contribution in [0.3, 0.4) is 0 Å². The van der Waals surface area contributed by atoms with Crippen molar-refractivity contribution in [2.24, 2.45) is 5.73 Å². The van der Waals surface area contributed by atoms with Gasteiger partial charge >= 0.3 is 0 Å². The van der Waals surface area contributed by atoms with Gasteiger partial charge in [-0.3, -0.25) is 0 Å². The average Bonchev–Trinajstić information content (AvgIpc) is 2.71. The first-order chi connectivity index (χ1) is 6.63. The van der Waals surface area contributed by atoms with E-state index in [1.165, 1.54) is 12.8 Å². The van der Waals surface area contributed by atoms with Crippen LogP contribution < -0.4 is 5.73 Å². The largest absolute Gasteiger partial charge is 0.320 e. The lowest BCUT2D eigenvalue weighted by Crippen LogP contribution is -2.34. The molecule has 14 heavy (non-hydrogen) atoms. The Labute approximate surface area is 84.3 Å². The fourth-order valence-electron chi connectivity index (χ4n) is 2.25. The van der Waals surface area contributed by atoms with Gasteiger partial charge in [0.1, 0.15) is 5.69 Å². The highest BCUT2D eigenvalue weighted by Gasteiger charge is 2.36. The summed E-state index contributed by atoms with van der Waals surface area (Å²) < 4.78 is 0. The van der Waals surface area contributed by atoms with Crippen molar-refractivity contribution in [3.05, 3.63) is 11.4 Å². The summed E-state index contributed by atoms with van der Waals surface area (Å²) in [7, 11) is 0. The Balaban J connectivity index is 2.35. The van der Waals surface area contributed by atoms with E-state index in [0.29, 0.717) is 5.92 Å². The highest BCUT2D eigenvalue weighted by atomic mass is 15.3. The predicted molar refractivity (Wildman–Crippen MR) is 54.8 cm³/mol. The van der Waals surface area contributed by atoms with E-state index in [4.69, 9.17) is 5.73 Å². The number of rotatable bonds is 2. The molecule has 0 aliphatic heterocycles. The zero-order chi connectivity index (χ0) is 10.2. The molecule has 1 aliphatic carbocycles. The highest BCUT2D eigenvalue weighted by molar-refractivity contribution is 5.23. The van der Waals surface area contributed by atoms with E-state index in [-0.39, 0.29) is 5.54 Å². The number of H-pyrrole nitrogens is 1.